The largest absolute Gasteiger partial charge is 0.311 e. The maximum Gasteiger partial charge on any atom is 0.0863 e. The first-order valence-electron chi connectivity index (χ1n) is 7.71. The average Bonchev–Trinajstić information content (AvgIpc) is 2.72. The summed E-state index contributed by atoms with van der Waals surface area (Å²) >= 11 is 6.34. The summed E-state index contributed by atoms with van der Waals surface area (Å²) in [6, 6.07) is 0. The summed E-state index contributed by atoms with van der Waals surface area (Å²) in [5, 5.41) is 8.80. The van der Waals surface area contributed by atoms with Gasteiger partial charge in [-0.2, -0.15) is 5.10 Å². The van der Waals surface area contributed by atoms with Crippen LogP contribution in [-0.4, -0.2) is 41.4 Å². The van der Waals surface area contributed by atoms with Crippen LogP contribution in [0.2, 0.25) is 5.02 Å². The molecule has 4 nitrogen and oxygen atoms in total. The third-order valence-electron chi connectivity index (χ3n) is 4.36. The number of nitrogens with zero attached hydrogens (tertiary/aromatic N) is 3. The van der Waals surface area contributed by atoms with E-state index in [2.05, 4.69) is 29.3 Å². The minimum Gasteiger partial charge on any atom is -0.311 e. The summed E-state index contributed by atoms with van der Waals surface area (Å²) in [6.45, 7) is 6.47. The van der Waals surface area contributed by atoms with Crippen molar-refractivity contribution in [2.45, 2.75) is 39.2 Å². The monoisotopic (exact) mass is 298 g/mol. The van der Waals surface area contributed by atoms with Crippen molar-refractivity contribution in [1.29, 1.82) is 0 Å². The molecule has 0 unspecified atom stereocenters. The van der Waals surface area contributed by atoms with E-state index in [1.165, 1.54) is 32.4 Å². The molecule has 1 aliphatic rings. The SMILES string of the molecule is CCc1nn(C)c(CNCCC2CCN(C)CC2)c1Cl. The minimum atomic E-state index is 0.814. The molecule has 5 heteroatoms. The van der Waals surface area contributed by atoms with E-state index in [1.54, 1.807) is 0 Å². The molecule has 0 aromatic carbocycles. The molecule has 114 valence electrons. The molecule has 2 rings (SSSR count). The molecule has 0 amide bonds. The van der Waals surface area contributed by atoms with Crippen LogP contribution in [0.3, 0.4) is 0 Å². The quantitative estimate of drug-likeness (QED) is 0.819. The van der Waals surface area contributed by atoms with E-state index in [0.29, 0.717) is 0 Å². The molecule has 1 fully saturated rings. The minimum absolute atomic E-state index is 0.814. The van der Waals surface area contributed by atoms with Gasteiger partial charge in [-0.05, 0) is 58.3 Å². The maximum atomic E-state index is 6.34. The Labute approximate surface area is 127 Å². The summed E-state index contributed by atoms with van der Waals surface area (Å²) in [6.07, 6.45) is 4.83. The van der Waals surface area contributed by atoms with E-state index >= 15 is 0 Å². The number of hydrogen-bond acceptors (Lipinski definition) is 3. The summed E-state index contributed by atoms with van der Waals surface area (Å²) in [4.78, 5) is 2.42. The van der Waals surface area contributed by atoms with E-state index < -0.39 is 0 Å². The second-order valence-corrected chi connectivity index (χ2v) is 6.27. The van der Waals surface area contributed by atoms with Crippen molar-refractivity contribution in [2.75, 3.05) is 26.7 Å². The Balaban J connectivity index is 1.72. The Morgan fingerprint density at radius 3 is 2.60 bits per heavy atom. The first-order valence-corrected chi connectivity index (χ1v) is 8.09. The number of rotatable bonds is 6. The third-order valence-corrected chi connectivity index (χ3v) is 4.80. The predicted molar refractivity (Wildman–Crippen MR) is 84.1 cm³/mol. The molecule has 0 bridgehead atoms. The third kappa shape index (κ3) is 3.96. The van der Waals surface area contributed by atoms with Gasteiger partial charge in [0, 0.05) is 13.6 Å². The zero-order chi connectivity index (χ0) is 14.5. The van der Waals surface area contributed by atoms with Crippen LogP contribution in [-0.2, 0) is 20.0 Å². The highest BCUT2D eigenvalue weighted by Crippen LogP contribution is 2.21. The highest BCUT2D eigenvalue weighted by atomic mass is 35.5. The molecule has 1 aromatic heterocycles. The molecule has 0 saturated carbocycles. The molecule has 1 aliphatic heterocycles. The van der Waals surface area contributed by atoms with Crippen molar-refractivity contribution in [2.24, 2.45) is 13.0 Å². The summed E-state index contributed by atoms with van der Waals surface area (Å²) in [5.41, 5.74) is 2.10. The molecule has 0 spiro atoms. The Morgan fingerprint density at radius 2 is 2.00 bits per heavy atom. The van der Waals surface area contributed by atoms with Crippen molar-refractivity contribution in [3.05, 3.63) is 16.4 Å². The molecular formula is C15H27ClN4. The lowest BCUT2D eigenvalue weighted by Crippen LogP contribution is -2.31. The van der Waals surface area contributed by atoms with Gasteiger partial charge < -0.3 is 10.2 Å². The Kier molecular flexibility index (Phi) is 5.87. The van der Waals surface area contributed by atoms with Crippen LogP contribution < -0.4 is 5.32 Å². The van der Waals surface area contributed by atoms with E-state index in [9.17, 15) is 0 Å². The highest BCUT2D eigenvalue weighted by Gasteiger charge is 2.16. The summed E-state index contributed by atoms with van der Waals surface area (Å²) in [5.74, 6) is 0.881. The number of likely N-dealkylation sites (tertiary alicyclic amines) is 1. The topological polar surface area (TPSA) is 33.1 Å². The fourth-order valence-corrected chi connectivity index (χ4v) is 3.24. The smallest absolute Gasteiger partial charge is 0.0863 e. The molecule has 0 atom stereocenters. The van der Waals surface area contributed by atoms with Crippen LogP contribution in [0.25, 0.3) is 0 Å². The molecule has 1 aromatic rings. The average molecular weight is 299 g/mol. The van der Waals surface area contributed by atoms with Crippen molar-refractivity contribution < 1.29 is 0 Å². The van der Waals surface area contributed by atoms with Crippen LogP contribution in [0.1, 0.15) is 37.6 Å². The molecule has 20 heavy (non-hydrogen) atoms. The van der Waals surface area contributed by atoms with Gasteiger partial charge in [-0.25, -0.2) is 0 Å². The molecule has 0 radical (unpaired) electrons. The van der Waals surface area contributed by atoms with Gasteiger partial charge in [-0.3, -0.25) is 4.68 Å². The second kappa shape index (κ2) is 7.43. The molecule has 0 aliphatic carbocycles. The molecular weight excluding hydrogens is 272 g/mol. The Hall–Kier alpha value is -0.580. The number of halogens is 1. The van der Waals surface area contributed by atoms with E-state index in [1.807, 2.05) is 11.7 Å². The van der Waals surface area contributed by atoms with Gasteiger partial charge in [0.1, 0.15) is 0 Å². The zero-order valence-corrected chi connectivity index (χ0v) is 13.7. The predicted octanol–water partition coefficient (Wildman–Crippen LogP) is 2.46. The maximum absolute atomic E-state index is 6.34. The first kappa shape index (κ1) is 15.8. The van der Waals surface area contributed by atoms with E-state index in [-0.39, 0.29) is 0 Å². The van der Waals surface area contributed by atoms with Gasteiger partial charge in [0.2, 0.25) is 0 Å². The lowest BCUT2D eigenvalue weighted by Gasteiger charge is -2.28. The summed E-state index contributed by atoms with van der Waals surface area (Å²) in [7, 11) is 4.18. The van der Waals surface area contributed by atoms with Crippen molar-refractivity contribution >= 4 is 11.6 Å². The van der Waals surface area contributed by atoms with Crippen LogP contribution in [0.4, 0.5) is 0 Å². The van der Waals surface area contributed by atoms with E-state index in [4.69, 9.17) is 11.6 Å². The van der Waals surface area contributed by atoms with Gasteiger partial charge in [0.05, 0.1) is 16.4 Å². The van der Waals surface area contributed by atoms with Gasteiger partial charge in [-0.1, -0.05) is 18.5 Å². The second-order valence-electron chi connectivity index (χ2n) is 5.90. The normalized spacial score (nSPS) is 17.8. The first-order chi connectivity index (χ1) is 9.61. The van der Waals surface area contributed by atoms with Crippen molar-refractivity contribution in [3.8, 4) is 0 Å². The van der Waals surface area contributed by atoms with Crippen LogP contribution >= 0.6 is 11.6 Å². The van der Waals surface area contributed by atoms with Gasteiger partial charge in [-0.15, -0.1) is 0 Å². The molecule has 1 saturated heterocycles. The van der Waals surface area contributed by atoms with Crippen LogP contribution in [0, 0.1) is 5.92 Å². The van der Waals surface area contributed by atoms with Crippen LogP contribution in [0.15, 0.2) is 0 Å². The lowest BCUT2D eigenvalue weighted by atomic mass is 9.94. The Bertz CT molecular complexity index is 422. The lowest BCUT2D eigenvalue weighted by molar-refractivity contribution is 0.211. The standard InChI is InChI=1S/C15H27ClN4/c1-4-13-15(16)14(20(3)18-13)11-17-8-5-12-6-9-19(2)10-7-12/h12,17H,4-11H2,1-3H3. The fourth-order valence-electron chi connectivity index (χ4n) is 2.88. The molecule has 1 N–H and O–H groups in total. The molecule has 2 heterocycles. The van der Waals surface area contributed by atoms with E-state index in [0.717, 1.165) is 41.8 Å². The number of piperidine rings is 1. The number of nitrogens with one attached hydrogen (secondary N) is 1. The van der Waals surface area contributed by atoms with Gasteiger partial charge >= 0.3 is 0 Å². The van der Waals surface area contributed by atoms with Gasteiger partial charge in [0.25, 0.3) is 0 Å². The number of hydrogen-bond donors (Lipinski definition) is 1. The van der Waals surface area contributed by atoms with Crippen LogP contribution in [0.5, 0.6) is 0 Å². The number of aromatic nitrogens is 2. The Morgan fingerprint density at radius 1 is 1.30 bits per heavy atom. The highest BCUT2D eigenvalue weighted by molar-refractivity contribution is 6.31. The number of aryl methyl sites for hydroxylation is 2. The van der Waals surface area contributed by atoms with Gasteiger partial charge in [0.15, 0.2) is 0 Å². The van der Waals surface area contributed by atoms with Crippen molar-refractivity contribution in [3.63, 3.8) is 0 Å². The van der Waals surface area contributed by atoms with Crippen molar-refractivity contribution in [1.82, 2.24) is 20.0 Å². The fraction of sp³-hybridized carbons (Fsp3) is 0.800. The summed E-state index contributed by atoms with van der Waals surface area (Å²) < 4.78 is 1.91. The zero-order valence-electron chi connectivity index (χ0n) is 13.0.